The minimum absolute atomic E-state index is 0.0161. The van der Waals surface area contributed by atoms with Gasteiger partial charge in [-0.1, -0.05) is 31.5 Å². The van der Waals surface area contributed by atoms with E-state index in [1.165, 1.54) is 24.5 Å². The summed E-state index contributed by atoms with van der Waals surface area (Å²) in [6, 6.07) is 7.20. The van der Waals surface area contributed by atoms with Crippen molar-refractivity contribution in [2.45, 2.75) is 50.9 Å². The molecular formula is C37H35ClF3N11O2S. The Morgan fingerprint density at radius 2 is 2.04 bits per heavy atom. The second kappa shape index (κ2) is 13.8. The van der Waals surface area contributed by atoms with Gasteiger partial charge in [0.25, 0.3) is 5.82 Å². The number of carbonyl (C=O) groups is 1. The molecule has 3 aromatic heterocycles. The first-order chi connectivity index (χ1) is 26.3. The van der Waals surface area contributed by atoms with Crippen molar-refractivity contribution in [1.82, 2.24) is 34.5 Å². The number of ether oxygens (including phenoxy) is 1. The Morgan fingerprint density at radius 3 is 2.76 bits per heavy atom. The standard InChI is InChI=1S/C37H35ClF3N11O2S/c1-18(2)31-19(14-51(31)36(53)52-17-45-26(12-43)48-52)13-49(3)34-22-9-24(38)28(21-5-6-25(40)32-27(21)23(11-42)33(44)55-32)29(41)30(22)46-35(47-34)54-16-37-7-4-8-50(37)15-20(39)10-37/h5-6,9,17-20,31H,4,7-8,10,13-16,44H2,1-3H3/t19-,20-,31-,37+/m1/s1. The maximum atomic E-state index is 17.2. The number of hydrogen-bond donors (Lipinski definition) is 1. The summed E-state index contributed by atoms with van der Waals surface area (Å²) in [6.07, 6.45) is 2.19. The molecule has 2 aromatic carbocycles. The first-order valence-corrected chi connectivity index (χ1v) is 19.0. The Bertz CT molecular complexity index is 2460. The number of nitriles is 2. The molecule has 0 saturated carbocycles. The highest BCUT2D eigenvalue weighted by Crippen LogP contribution is 2.46. The molecule has 284 valence electrons. The summed E-state index contributed by atoms with van der Waals surface area (Å²) >= 11 is 7.78. The molecule has 0 bridgehead atoms. The van der Waals surface area contributed by atoms with Gasteiger partial charge in [0.05, 0.1) is 20.8 Å². The topological polar surface area (TPSA) is 166 Å². The van der Waals surface area contributed by atoms with E-state index in [-0.39, 0.29) is 84.0 Å². The van der Waals surface area contributed by atoms with E-state index in [2.05, 4.69) is 20.0 Å². The van der Waals surface area contributed by atoms with E-state index in [4.69, 9.17) is 32.3 Å². The summed E-state index contributed by atoms with van der Waals surface area (Å²) in [4.78, 5) is 32.1. The molecule has 0 aliphatic carbocycles. The predicted octanol–water partition coefficient (Wildman–Crippen LogP) is 6.38. The first-order valence-electron chi connectivity index (χ1n) is 17.8. The molecule has 3 aliphatic rings. The third-order valence-electron chi connectivity index (χ3n) is 11.1. The normalized spacial score (nSPS) is 22.2. The summed E-state index contributed by atoms with van der Waals surface area (Å²) in [5, 5.41) is 23.5. The van der Waals surface area contributed by atoms with Crippen LogP contribution in [0.25, 0.3) is 32.1 Å². The number of aromatic nitrogens is 5. The number of nitrogen functional groups attached to an aromatic ring is 1. The zero-order chi connectivity index (χ0) is 38.9. The van der Waals surface area contributed by atoms with Crippen LogP contribution in [0.15, 0.2) is 24.5 Å². The summed E-state index contributed by atoms with van der Waals surface area (Å²) in [6.45, 7) is 5.95. The number of rotatable bonds is 8. The van der Waals surface area contributed by atoms with Gasteiger partial charge >= 0.3 is 12.0 Å². The molecule has 3 saturated heterocycles. The van der Waals surface area contributed by atoms with Gasteiger partial charge < -0.3 is 20.3 Å². The first kappa shape index (κ1) is 36.7. The van der Waals surface area contributed by atoms with Crippen molar-refractivity contribution in [3.8, 4) is 29.3 Å². The van der Waals surface area contributed by atoms with Crippen LogP contribution in [0.4, 0.5) is 28.8 Å². The number of nitrogens with zero attached hydrogens (tertiary/aromatic N) is 10. The van der Waals surface area contributed by atoms with Gasteiger partial charge in [-0.05, 0) is 43.0 Å². The zero-order valence-electron chi connectivity index (χ0n) is 30.1. The summed E-state index contributed by atoms with van der Waals surface area (Å²) in [5.41, 5.74) is 5.54. The van der Waals surface area contributed by atoms with Crippen LogP contribution in [0, 0.1) is 46.1 Å². The van der Waals surface area contributed by atoms with Crippen molar-refractivity contribution >= 4 is 60.8 Å². The van der Waals surface area contributed by atoms with Crippen molar-refractivity contribution in [2.24, 2.45) is 11.8 Å². The molecule has 0 unspecified atom stereocenters. The number of likely N-dealkylation sites (tertiary alicyclic amines) is 1. The van der Waals surface area contributed by atoms with Crippen LogP contribution >= 0.6 is 22.9 Å². The molecule has 3 fully saturated rings. The lowest BCUT2D eigenvalue weighted by molar-refractivity contribution is 0.0241. The van der Waals surface area contributed by atoms with Crippen molar-refractivity contribution < 1.29 is 22.7 Å². The summed E-state index contributed by atoms with van der Waals surface area (Å²) in [7, 11) is 1.79. The van der Waals surface area contributed by atoms with Crippen LogP contribution < -0.4 is 15.4 Å². The molecule has 2 N–H and O–H groups in total. The molecule has 3 aliphatic heterocycles. The van der Waals surface area contributed by atoms with Gasteiger partial charge in [0.1, 0.15) is 53.4 Å². The molecule has 1 amide bonds. The number of fused-ring (bicyclic) bond motifs is 3. The summed E-state index contributed by atoms with van der Waals surface area (Å²) < 4.78 is 54.2. The molecule has 0 radical (unpaired) electrons. The van der Waals surface area contributed by atoms with Crippen LogP contribution in [-0.4, -0.2) is 98.1 Å². The fourth-order valence-electron chi connectivity index (χ4n) is 8.77. The highest BCUT2D eigenvalue weighted by atomic mass is 35.5. The average molecular weight is 790 g/mol. The maximum Gasteiger partial charge on any atom is 0.346 e. The number of thiophene rings is 1. The fourth-order valence-corrected chi connectivity index (χ4v) is 10.0. The van der Waals surface area contributed by atoms with Crippen molar-refractivity contribution in [3.63, 3.8) is 0 Å². The number of alkyl halides is 1. The van der Waals surface area contributed by atoms with Crippen LogP contribution in [0.1, 0.15) is 44.5 Å². The van der Waals surface area contributed by atoms with Gasteiger partial charge in [-0.2, -0.15) is 25.2 Å². The van der Waals surface area contributed by atoms with Gasteiger partial charge in [0.2, 0.25) is 0 Å². The largest absolute Gasteiger partial charge is 0.461 e. The lowest BCUT2D eigenvalue weighted by atomic mass is 9.81. The van der Waals surface area contributed by atoms with E-state index >= 15 is 4.39 Å². The number of amides is 1. The number of nitrogens with two attached hydrogens (primary N) is 1. The number of benzene rings is 2. The quantitative estimate of drug-likeness (QED) is 0.186. The van der Waals surface area contributed by atoms with Gasteiger partial charge in [-0.15, -0.1) is 16.4 Å². The minimum atomic E-state index is -0.983. The Hall–Kier alpha value is -5.23. The third-order valence-corrected chi connectivity index (χ3v) is 12.5. The second-order valence-corrected chi connectivity index (χ2v) is 16.3. The number of hydrogen-bond acceptors (Lipinski definition) is 12. The van der Waals surface area contributed by atoms with E-state index in [9.17, 15) is 18.8 Å². The van der Waals surface area contributed by atoms with E-state index in [1.807, 2.05) is 30.9 Å². The van der Waals surface area contributed by atoms with E-state index < -0.39 is 29.4 Å². The highest BCUT2D eigenvalue weighted by molar-refractivity contribution is 7.23. The van der Waals surface area contributed by atoms with Crippen molar-refractivity contribution in [1.29, 1.82) is 10.5 Å². The van der Waals surface area contributed by atoms with Gasteiger partial charge in [0.15, 0.2) is 5.82 Å². The molecule has 5 aromatic rings. The number of carbonyl (C=O) groups excluding carboxylic acids is 1. The molecule has 18 heteroatoms. The van der Waals surface area contributed by atoms with Crippen molar-refractivity contribution in [2.75, 3.05) is 50.5 Å². The molecule has 4 atom stereocenters. The van der Waals surface area contributed by atoms with E-state index in [0.29, 0.717) is 31.9 Å². The Kier molecular flexibility index (Phi) is 9.22. The minimum Gasteiger partial charge on any atom is -0.461 e. The van der Waals surface area contributed by atoms with Gasteiger partial charge in [-0.3, -0.25) is 4.90 Å². The van der Waals surface area contributed by atoms with Gasteiger partial charge in [0, 0.05) is 61.4 Å². The van der Waals surface area contributed by atoms with Crippen LogP contribution in [0.5, 0.6) is 6.01 Å². The van der Waals surface area contributed by atoms with E-state index in [0.717, 1.165) is 35.4 Å². The van der Waals surface area contributed by atoms with Crippen molar-refractivity contribution in [3.05, 3.63) is 52.6 Å². The van der Waals surface area contributed by atoms with Crippen LogP contribution in [0.2, 0.25) is 5.02 Å². The Labute approximate surface area is 322 Å². The van der Waals surface area contributed by atoms with Crippen LogP contribution in [0.3, 0.4) is 0 Å². The lowest BCUT2D eigenvalue weighted by Crippen LogP contribution is -2.64. The Morgan fingerprint density at radius 1 is 1.24 bits per heavy atom. The highest BCUT2D eigenvalue weighted by Gasteiger charge is 2.50. The third kappa shape index (κ3) is 6.05. The van der Waals surface area contributed by atoms with Gasteiger partial charge in [-0.25, -0.2) is 22.9 Å². The lowest BCUT2D eigenvalue weighted by Gasteiger charge is -2.51. The molecule has 8 rings (SSSR count). The number of halogens is 4. The fraction of sp³-hybridized carbons (Fsp3) is 0.432. The van der Waals surface area contributed by atoms with Crippen LogP contribution in [-0.2, 0) is 0 Å². The maximum absolute atomic E-state index is 17.2. The predicted molar refractivity (Wildman–Crippen MR) is 201 cm³/mol. The molecule has 55 heavy (non-hydrogen) atoms. The smallest absolute Gasteiger partial charge is 0.346 e. The van der Waals surface area contributed by atoms with E-state index in [1.54, 1.807) is 11.9 Å². The molecule has 0 spiro atoms. The SMILES string of the molecule is CC(C)[C@@H]1[C@H](CN(C)c2nc(OC[C@@]34CCCN3C[C@H](F)C4)nc3c(F)c(-c4ccc(F)c5sc(N)c(C#N)c45)c(Cl)cc23)CN1C(=O)n1cnc(C#N)n1. The molecule has 13 nitrogen and oxygen atoms in total. The molecule has 6 heterocycles. The monoisotopic (exact) mass is 789 g/mol. The zero-order valence-corrected chi connectivity index (χ0v) is 31.6. The second-order valence-electron chi connectivity index (χ2n) is 14.8. The molecular weight excluding hydrogens is 755 g/mol. The Balaban J connectivity index is 1.19. The number of anilines is 2. The average Bonchev–Trinajstić information content (AvgIpc) is 3.91. The summed E-state index contributed by atoms with van der Waals surface area (Å²) in [5.74, 6) is -1.24.